The zero-order valence-electron chi connectivity index (χ0n) is 10.3. The second kappa shape index (κ2) is 4.68. The van der Waals surface area contributed by atoms with Crippen molar-refractivity contribution in [1.82, 2.24) is 0 Å². The molecule has 1 aliphatic heterocycles. The van der Waals surface area contributed by atoms with Crippen molar-refractivity contribution in [2.75, 3.05) is 6.61 Å². The summed E-state index contributed by atoms with van der Waals surface area (Å²) < 4.78 is 15.5. The Balaban J connectivity index is 2.19. The molecule has 5 heteroatoms. The van der Waals surface area contributed by atoms with Gasteiger partial charge in [0.15, 0.2) is 0 Å². The van der Waals surface area contributed by atoms with E-state index in [9.17, 15) is 9.59 Å². The molecule has 2 rings (SSSR count). The van der Waals surface area contributed by atoms with E-state index >= 15 is 0 Å². The number of hydrogen-bond acceptors (Lipinski definition) is 5. The average molecular weight is 250 g/mol. The van der Waals surface area contributed by atoms with E-state index < -0.39 is 17.7 Å². The van der Waals surface area contributed by atoms with Crippen LogP contribution in [0.5, 0.6) is 5.75 Å². The summed E-state index contributed by atoms with van der Waals surface area (Å²) >= 11 is 0. The molecule has 18 heavy (non-hydrogen) atoms. The van der Waals surface area contributed by atoms with Crippen LogP contribution in [-0.4, -0.2) is 24.3 Å². The molecule has 5 nitrogen and oxygen atoms in total. The molecular weight excluding hydrogens is 236 g/mol. The summed E-state index contributed by atoms with van der Waals surface area (Å²) in [6, 6.07) is 6.75. The van der Waals surface area contributed by atoms with Gasteiger partial charge >= 0.3 is 11.9 Å². The maximum absolute atomic E-state index is 11.8. The number of cyclic esters (lactones) is 1. The number of fused-ring (bicyclic) bond motifs is 1. The summed E-state index contributed by atoms with van der Waals surface area (Å²) in [6.45, 7) is 3.53. The van der Waals surface area contributed by atoms with Gasteiger partial charge in [0.1, 0.15) is 17.7 Å². The van der Waals surface area contributed by atoms with Crippen molar-refractivity contribution in [2.45, 2.75) is 26.1 Å². The predicted molar refractivity (Wildman–Crippen MR) is 62.1 cm³/mol. The molecule has 1 aromatic rings. The standard InChI is InChI=1S/C13H14O5/c1-3-16-11(14)8-13(2)17-10-7-5-4-6-9(10)12(15)18-13/h4-7H,3,8H2,1-2H3. The minimum atomic E-state index is -1.31. The number of esters is 2. The van der Waals surface area contributed by atoms with Crippen LogP contribution in [0, 0.1) is 0 Å². The second-order valence-electron chi connectivity index (χ2n) is 4.10. The van der Waals surface area contributed by atoms with Crippen molar-refractivity contribution in [3.05, 3.63) is 29.8 Å². The largest absolute Gasteiger partial charge is 0.466 e. The quantitative estimate of drug-likeness (QED) is 0.767. The van der Waals surface area contributed by atoms with Gasteiger partial charge in [0, 0.05) is 6.92 Å². The van der Waals surface area contributed by atoms with E-state index in [-0.39, 0.29) is 13.0 Å². The molecule has 0 saturated carbocycles. The number of para-hydroxylation sites is 1. The lowest BCUT2D eigenvalue weighted by Crippen LogP contribution is -2.43. The molecule has 0 saturated heterocycles. The van der Waals surface area contributed by atoms with Crippen LogP contribution in [0.2, 0.25) is 0 Å². The van der Waals surface area contributed by atoms with Gasteiger partial charge in [0.2, 0.25) is 0 Å². The van der Waals surface area contributed by atoms with Crippen LogP contribution in [0.15, 0.2) is 24.3 Å². The molecule has 0 aliphatic carbocycles. The smallest absolute Gasteiger partial charge is 0.345 e. The van der Waals surface area contributed by atoms with E-state index in [2.05, 4.69) is 0 Å². The highest BCUT2D eigenvalue weighted by atomic mass is 16.7. The highest BCUT2D eigenvalue weighted by molar-refractivity contribution is 5.93. The lowest BCUT2D eigenvalue weighted by molar-refractivity contribution is -0.172. The number of ether oxygens (including phenoxy) is 3. The molecule has 96 valence electrons. The fourth-order valence-corrected chi connectivity index (χ4v) is 1.78. The molecule has 0 aromatic heterocycles. The molecule has 1 aromatic carbocycles. The first-order valence-corrected chi connectivity index (χ1v) is 5.71. The zero-order chi connectivity index (χ0) is 13.2. The number of rotatable bonds is 3. The SMILES string of the molecule is CCOC(=O)CC1(C)OC(=O)c2ccccc2O1. The topological polar surface area (TPSA) is 61.8 Å². The van der Waals surface area contributed by atoms with Gasteiger partial charge in [0.05, 0.1) is 6.61 Å². The molecule has 0 radical (unpaired) electrons. The van der Waals surface area contributed by atoms with Gasteiger partial charge in [-0.05, 0) is 19.1 Å². The Labute approximate surface area is 105 Å². The Morgan fingerprint density at radius 2 is 2.06 bits per heavy atom. The van der Waals surface area contributed by atoms with E-state index in [1.165, 1.54) is 6.92 Å². The highest BCUT2D eigenvalue weighted by Crippen LogP contribution is 2.32. The summed E-state index contributed by atoms with van der Waals surface area (Å²) in [6.07, 6.45) is -0.138. The third-order valence-electron chi connectivity index (χ3n) is 2.51. The van der Waals surface area contributed by atoms with Gasteiger partial charge in [-0.15, -0.1) is 0 Å². The Morgan fingerprint density at radius 3 is 2.78 bits per heavy atom. The third-order valence-corrected chi connectivity index (χ3v) is 2.51. The third kappa shape index (κ3) is 2.45. The maximum Gasteiger partial charge on any atom is 0.345 e. The summed E-state index contributed by atoms with van der Waals surface area (Å²) in [7, 11) is 0. The average Bonchev–Trinajstić information content (AvgIpc) is 2.28. The molecule has 0 amide bonds. The minimum Gasteiger partial charge on any atom is -0.466 e. The van der Waals surface area contributed by atoms with Gasteiger partial charge in [0.25, 0.3) is 5.79 Å². The summed E-state index contributed by atoms with van der Waals surface area (Å²) in [5.74, 6) is -1.85. The summed E-state index contributed by atoms with van der Waals surface area (Å²) in [4.78, 5) is 23.2. The van der Waals surface area contributed by atoms with Crippen LogP contribution < -0.4 is 4.74 Å². The van der Waals surface area contributed by atoms with E-state index in [4.69, 9.17) is 14.2 Å². The Hall–Kier alpha value is -2.04. The normalized spacial score (nSPS) is 21.6. The lowest BCUT2D eigenvalue weighted by atomic mass is 10.1. The minimum absolute atomic E-state index is 0.138. The number of hydrogen-bond donors (Lipinski definition) is 0. The Kier molecular flexibility index (Phi) is 3.23. The van der Waals surface area contributed by atoms with Crippen LogP contribution in [0.3, 0.4) is 0 Å². The summed E-state index contributed by atoms with van der Waals surface area (Å²) in [5, 5.41) is 0. The van der Waals surface area contributed by atoms with Crippen molar-refractivity contribution in [3.8, 4) is 5.75 Å². The van der Waals surface area contributed by atoms with E-state index in [0.717, 1.165) is 0 Å². The van der Waals surface area contributed by atoms with Gasteiger partial charge in [-0.25, -0.2) is 4.79 Å². The molecule has 0 bridgehead atoms. The van der Waals surface area contributed by atoms with Crippen LogP contribution in [0.1, 0.15) is 30.6 Å². The van der Waals surface area contributed by atoms with E-state index in [1.54, 1.807) is 31.2 Å². The van der Waals surface area contributed by atoms with E-state index in [0.29, 0.717) is 11.3 Å². The molecule has 1 unspecified atom stereocenters. The molecular formula is C13H14O5. The molecule has 1 atom stereocenters. The van der Waals surface area contributed by atoms with Crippen molar-refractivity contribution < 1.29 is 23.8 Å². The van der Waals surface area contributed by atoms with Gasteiger partial charge in [-0.1, -0.05) is 12.1 Å². The Bertz CT molecular complexity index is 482. The monoisotopic (exact) mass is 250 g/mol. The number of carbonyl (C=O) groups is 2. The fourth-order valence-electron chi connectivity index (χ4n) is 1.78. The first kappa shape index (κ1) is 12.4. The number of carbonyl (C=O) groups excluding carboxylic acids is 2. The van der Waals surface area contributed by atoms with Crippen LogP contribution in [-0.2, 0) is 14.3 Å². The second-order valence-corrected chi connectivity index (χ2v) is 4.10. The zero-order valence-corrected chi connectivity index (χ0v) is 10.3. The predicted octanol–water partition coefficient (Wildman–Crippen LogP) is 1.91. The Morgan fingerprint density at radius 1 is 1.33 bits per heavy atom. The first-order chi connectivity index (χ1) is 8.54. The van der Waals surface area contributed by atoms with Gasteiger partial charge in [-0.3, -0.25) is 4.79 Å². The van der Waals surface area contributed by atoms with Gasteiger partial charge < -0.3 is 14.2 Å². The highest BCUT2D eigenvalue weighted by Gasteiger charge is 2.40. The molecule has 1 heterocycles. The van der Waals surface area contributed by atoms with Crippen molar-refractivity contribution in [1.29, 1.82) is 0 Å². The van der Waals surface area contributed by atoms with Crippen molar-refractivity contribution >= 4 is 11.9 Å². The molecule has 0 spiro atoms. The van der Waals surface area contributed by atoms with E-state index in [1.807, 2.05) is 0 Å². The number of benzene rings is 1. The van der Waals surface area contributed by atoms with Crippen molar-refractivity contribution in [3.63, 3.8) is 0 Å². The van der Waals surface area contributed by atoms with Crippen LogP contribution >= 0.6 is 0 Å². The van der Waals surface area contributed by atoms with Gasteiger partial charge in [-0.2, -0.15) is 0 Å². The lowest BCUT2D eigenvalue weighted by Gasteiger charge is -2.33. The maximum atomic E-state index is 11.8. The first-order valence-electron chi connectivity index (χ1n) is 5.71. The molecule has 0 fully saturated rings. The van der Waals surface area contributed by atoms with Crippen molar-refractivity contribution in [2.24, 2.45) is 0 Å². The van der Waals surface area contributed by atoms with Crippen LogP contribution in [0.4, 0.5) is 0 Å². The fraction of sp³-hybridized carbons (Fsp3) is 0.385. The molecule has 0 N–H and O–H groups in total. The van der Waals surface area contributed by atoms with Crippen LogP contribution in [0.25, 0.3) is 0 Å². The summed E-state index contributed by atoms with van der Waals surface area (Å²) in [5.41, 5.74) is 0.360. The molecule has 1 aliphatic rings.